The number of anilines is 2. The molecular weight excluding hydrogens is 384 g/mol. The van der Waals surface area contributed by atoms with Gasteiger partial charge in [-0.1, -0.05) is 18.2 Å². The molecule has 1 fully saturated rings. The zero-order valence-electron chi connectivity index (χ0n) is 17.4. The van der Waals surface area contributed by atoms with Crippen LogP contribution in [-0.2, 0) is 19.1 Å². The minimum absolute atomic E-state index is 0.0765. The average Bonchev–Trinajstić information content (AvgIpc) is 3.09. The number of amides is 2. The molecule has 2 aromatic rings. The Morgan fingerprint density at radius 1 is 1.10 bits per heavy atom. The van der Waals surface area contributed by atoms with E-state index < -0.39 is 24.4 Å². The minimum atomic E-state index is -0.588. The molecule has 0 saturated carbocycles. The fourth-order valence-corrected chi connectivity index (χ4v) is 3.57. The van der Waals surface area contributed by atoms with Crippen LogP contribution >= 0.6 is 0 Å². The number of hydrogen-bond donors (Lipinski definition) is 1. The quantitative estimate of drug-likeness (QED) is 0.709. The van der Waals surface area contributed by atoms with Gasteiger partial charge in [0.15, 0.2) is 6.61 Å². The van der Waals surface area contributed by atoms with Gasteiger partial charge in [0.1, 0.15) is 5.75 Å². The van der Waals surface area contributed by atoms with E-state index in [1.54, 1.807) is 29.2 Å². The number of hydrogen-bond acceptors (Lipinski definition) is 5. The van der Waals surface area contributed by atoms with E-state index in [1.807, 2.05) is 39.0 Å². The number of para-hydroxylation sites is 1. The Balaban J connectivity index is 1.52. The van der Waals surface area contributed by atoms with Crippen molar-refractivity contribution in [2.45, 2.75) is 27.2 Å². The van der Waals surface area contributed by atoms with Gasteiger partial charge >= 0.3 is 5.97 Å². The number of carbonyl (C=O) groups is 3. The van der Waals surface area contributed by atoms with Crippen molar-refractivity contribution < 1.29 is 23.9 Å². The van der Waals surface area contributed by atoms with Gasteiger partial charge in [-0.25, -0.2) is 0 Å². The maximum atomic E-state index is 12.5. The Hall–Kier alpha value is -3.35. The van der Waals surface area contributed by atoms with Crippen molar-refractivity contribution in [3.05, 3.63) is 53.6 Å². The lowest BCUT2D eigenvalue weighted by molar-refractivity contribution is -0.151. The highest BCUT2D eigenvalue weighted by Gasteiger charge is 2.37. The molecule has 1 N–H and O–H groups in total. The van der Waals surface area contributed by atoms with E-state index in [-0.39, 0.29) is 18.9 Å². The molecule has 30 heavy (non-hydrogen) atoms. The van der Waals surface area contributed by atoms with E-state index in [4.69, 9.17) is 9.47 Å². The minimum Gasteiger partial charge on any atom is -0.494 e. The van der Waals surface area contributed by atoms with Crippen LogP contribution in [0.25, 0.3) is 0 Å². The summed E-state index contributed by atoms with van der Waals surface area (Å²) in [5, 5.41) is 2.67. The number of rotatable bonds is 7. The van der Waals surface area contributed by atoms with E-state index >= 15 is 0 Å². The van der Waals surface area contributed by atoms with Crippen LogP contribution in [0.1, 0.15) is 24.5 Å². The molecule has 2 amide bonds. The van der Waals surface area contributed by atoms with Gasteiger partial charge in [-0.15, -0.1) is 0 Å². The van der Waals surface area contributed by atoms with E-state index in [0.29, 0.717) is 18.0 Å². The third-order valence-electron chi connectivity index (χ3n) is 4.96. The summed E-state index contributed by atoms with van der Waals surface area (Å²) in [6.07, 6.45) is 0.0765. The van der Waals surface area contributed by atoms with E-state index in [2.05, 4.69) is 5.32 Å². The molecule has 0 aliphatic carbocycles. The Morgan fingerprint density at radius 2 is 1.77 bits per heavy atom. The molecular formula is C23H26N2O5. The van der Waals surface area contributed by atoms with Gasteiger partial charge in [-0.2, -0.15) is 0 Å². The van der Waals surface area contributed by atoms with Crippen LogP contribution in [-0.4, -0.2) is 37.5 Å². The van der Waals surface area contributed by atoms with Gasteiger partial charge < -0.3 is 19.7 Å². The molecule has 0 unspecified atom stereocenters. The first kappa shape index (κ1) is 21.4. The van der Waals surface area contributed by atoms with E-state index in [9.17, 15) is 14.4 Å². The molecule has 3 rings (SSSR count). The Bertz CT molecular complexity index is 919. The summed E-state index contributed by atoms with van der Waals surface area (Å²) >= 11 is 0. The fraction of sp³-hybridized carbons (Fsp3) is 0.348. The third kappa shape index (κ3) is 4.97. The van der Waals surface area contributed by atoms with Gasteiger partial charge in [0.25, 0.3) is 5.91 Å². The molecule has 1 saturated heterocycles. The highest BCUT2D eigenvalue weighted by atomic mass is 16.5. The average molecular weight is 410 g/mol. The Kier molecular flexibility index (Phi) is 6.72. The first-order chi connectivity index (χ1) is 14.4. The van der Waals surface area contributed by atoms with Gasteiger partial charge in [-0.3, -0.25) is 14.4 Å². The van der Waals surface area contributed by atoms with E-state index in [1.165, 1.54) is 0 Å². The molecule has 1 heterocycles. The van der Waals surface area contributed by atoms with Crippen molar-refractivity contribution in [1.29, 1.82) is 0 Å². The lowest BCUT2D eigenvalue weighted by atomic mass is 10.1. The Morgan fingerprint density at radius 3 is 2.40 bits per heavy atom. The highest BCUT2D eigenvalue weighted by Crippen LogP contribution is 2.31. The lowest BCUT2D eigenvalue weighted by Gasteiger charge is -2.21. The van der Waals surface area contributed by atoms with Crippen LogP contribution in [0.2, 0.25) is 0 Å². The van der Waals surface area contributed by atoms with Crippen LogP contribution < -0.4 is 15.0 Å². The van der Waals surface area contributed by atoms with Gasteiger partial charge in [0, 0.05) is 24.3 Å². The predicted molar refractivity (Wildman–Crippen MR) is 114 cm³/mol. The van der Waals surface area contributed by atoms with Crippen LogP contribution in [0.5, 0.6) is 5.75 Å². The van der Waals surface area contributed by atoms with Gasteiger partial charge in [-0.05, 0) is 56.2 Å². The molecule has 1 atom stereocenters. The van der Waals surface area contributed by atoms with Gasteiger partial charge in [0.2, 0.25) is 5.91 Å². The highest BCUT2D eigenvalue weighted by molar-refractivity contribution is 6.01. The molecule has 2 aromatic carbocycles. The van der Waals surface area contributed by atoms with Crippen LogP contribution in [0.15, 0.2) is 42.5 Å². The predicted octanol–water partition coefficient (Wildman–Crippen LogP) is 3.24. The molecule has 7 heteroatoms. The monoisotopic (exact) mass is 410 g/mol. The van der Waals surface area contributed by atoms with Crippen LogP contribution in [0, 0.1) is 19.8 Å². The number of esters is 1. The standard InChI is InChI=1S/C23H26N2O5/c1-4-29-19-10-8-18(9-11-19)24-20(26)14-30-23(28)17-12-21(27)25(13-17)22-15(2)6-5-7-16(22)3/h5-11,17H,4,12-14H2,1-3H3,(H,24,26)/t17-/m0/s1. The molecule has 0 radical (unpaired) electrons. The number of ether oxygens (including phenoxy) is 2. The summed E-state index contributed by atoms with van der Waals surface area (Å²) < 4.78 is 10.5. The van der Waals surface area contributed by atoms with E-state index in [0.717, 1.165) is 16.8 Å². The summed E-state index contributed by atoms with van der Waals surface area (Å²) in [6, 6.07) is 12.7. The van der Waals surface area contributed by atoms with Crippen molar-refractivity contribution >= 4 is 29.2 Å². The van der Waals surface area contributed by atoms with Crippen molar-refractivity contribution in [2.75, 3.05) is 30.0 Å². The normalized spacial score (nSPS) is 15.8. The largest absolute Gasteiger partial charge is 0.494 e. The molecule has 0 bridgehead atoms. The summed E-state index contributed by atoms with van der Waals surface area (Å²) in [4.78, 5) is 38.6. The molecule has 0 aromatic heterocycles. The van der Waals surface area contributed by atoms with Crippen molar-refractivity contribution in [3.63, 3.8) is 0 Å². The maximum absolute atomic E-state index is 12.5. The lowest BCUT2D eigenvalue weighted by Crippen LogP contribution is -2.29. The van der Waals surface area contributed by atoms with Crippen LogP contribution in [0.4, 0.5) is 11.4 Å². The summed E-state index contributed by atoms with van der Waals surface area (Å²) in [7, 11) is 0. The first-order valence-electron chi connectivity index (χ1n) is 9.95. The third-order valence-corrected chi connectivity index (χ3v) is 4.96. The molecule has 0 spiro atoms. The maximum Gasteiger partial charge on any atom is 0.311 e. The number of nitrogens with zero attached hydrogens (tertiary/aromatic N) is 1. The molecule has 1 aliphatic heterocycles. The summed E-state index contributed by atoms with van der Waals surface area (Å²) in [6.45, 7) is 6.18. The van der Waals surface area contributed by atoms with Crippen molar-refractivity contribution in [1.82, 2.24) is 0 Å². The topological polar surface area (TPSA) is 84.9 Å². The van der Waals surface area contributed by atoms with Crippen molar-refractivity contribution in [3.8, 4) is 5.75 Å². The Labute approximate surface area is 176 Å². The second-order valence-corrected chi connectivity index (χ2v) is 7.26. The number of benzene rings is 2. The zero-order valence-corrected chi connectivity index (χ0v) is 17.4. The number of nitrogens with one attached hydrogen (secondary N) is 1. The van der Waals surface area contributed by atoms with Crippen molar-refractivity contribution in [2.24, 2.45) is 5.92 Å². The molecule has 158 valence electrons. The smallest absolute Gasteiger partial charge is 0.311 e. The van der Waals surface area contributed by atoms with Crippen LogP contribution in [0.3, 0.4) is 0 Å². The second kappa shape index (κ2) is 9.43. The summed E-state index contributed by atoms with van der Waals surface area (Å²) in [5.74, 6) is -0.980. The fourth-order valence-electron chi connectivity index (χ4n) is 3.57. The summed E-state index contributed by atoms with van der Waals surface area (Å²) in [5.41, 5.74) is 3.38. The second-order valence-electron chi connectivity index (χ2n) is 7.26. The number of carbonyl (C=O) groups excluding carboxylic acids is 3. The molecule has 7 nitrogen and oxygen atoms in total. The zero-order chi connectivity index (χ0) is 21.7. The first-order valence-corrected chi connectivity index (χ1v) is 9.95. The number of aryl methyl sites for hydroxylation is 2. The van der Waals surface area contributed by atoms with Gasteiger partial charge in [0.05, 0.1) is 12.5 Å². The molecule has 1 aliphatic rings. The SMILES string of the molecule is CCOc1ccc(NC(=O)COC(=O)[C@H]2CC(=O)N(c3c(C)cccc3C)C2)cc1.